The Kier molecular flexibility index (Phi) is 4.33. The second-order valence-electron chi connectivity index (χ2n) is 3.87. The van der Waals surface area contributed by atoms with Crippen LogP contribution in [-0.2, 0) is 12.3 Å². The van der Waals surface area contributed by atoms with E-state index in [2.05, 4.69) is 0 Å². The third-order valence-electron chi connectivity index (χ3n) is 2.52. The Labute approximate surface area is 109 Å². The summed E-state index contributed by atoms with van der Waals surface area (Å²) >= 11 is 1.16. The van der Waals surface area contributed by atoms with Crippen molar-refractivity contribution in [2.75, 3.05) is 0 Å². The Morgan fingerprint density at radius 2 is 1.56 bits per heavy atom. The lowest BCUT2D eigenvalue weighted by Crippen LogP contribution is -1.99. The zero-order valence-corrected chi connectivity index (χ0v) is 10.5. The molecule has 0 spiro atoms. The van der Waals surface area contributed by atoms with Crippen LogP contribution in [0.4, 0.5) is 8.78 Å². The van der Waals surface area contributed by atoms with Gasteiger partial charge in [0.2, 0.25) is 0 Å². The van der Waals surface area contributed by atoms with E-state index in [1.165, 1.54) is 12.1 Å². The van der Waals surface area contributed by atoms with Crippen molar-refractivity contribution in [2.45, 2.75) is 17.2 Å². The molecule has 1 nitrogen and oxygen atoms in total. The van der Waals surface area contributed by atoms with Crippen molar-refractivity contribution in [3.63, 3.8) is 0 Å². The van der Waals surface area contributed by atoms with Gasteiger partial charge in [0.05, 0.1) is 4.90 Å². The van der Waals surface area contributed by atoms with Crippen LogP contribution in [0.1, 0.15) is 11.1 Å². The van der Waals surface area contributed by atoms with E-state index in [4.69, 9.17) is 5.73 Å². The Morgan fingerprint density at radius 3 is 2.11 bits per heavy atom. The molecule has 4 heteroatoms. The zero-order chi connectivity index (χ0) is 13.0. The smallest absolute Gasteiger partial charge is 0.140 e. The number of thioether (sulfide) groups is 1. The molecule has 0 aliphatic carbocycles. The highest BCUT2D eigenvalue weighted by Crippen LogP contribution is 2.29. The third-order valence-corrected chi connectivity index (χ3v) is 3.68. The van der Waals surface area contributed by atoms with Gasteiger partial charge in [0.25, 0.3) is 0 Å². The fraction of sp³-hybridized carbons (Fsp3) is 0.143. The summed E-state index contributed by atoms with van der Waals surface area (Å²) in [6.45, 7) is 0.136. The van der Waals surface area contributed by atoms with E-state index in [1.54, 1.807) is 0 Å². The second-order valence-corrected chi connectivity index (χ2v) is 4.85. The minimum Gasteiger partial charge on any atom is -0.326 e. The predicted molar refractivity (Wildman–Crippen MR) is 70.3 cm³/mol. The highest BCUT2D eigenvalue weighted by molar-refractivity contribution is 7.98. The van der Waals surface area contributed by atoms with E-state index in [0.717, 1.165) is 17.3 Å². The van der Waals surface area contributed by atoms with Crippen molar-refractivity contribution >= 4 is 11.8 Å². The van der Waals surface area contributed by atoms with E-state index >= 15 is 0 Å². The van der Waals surface area contributed by atoms with E-state index in [9.17, 15) is 8.78 Å². The molecular formula is C14H13F2NS. The van der Waals surface area contributed by atoms with Crippen LogP contribution in [-0.4, -0.2) is 0 Å². The van der Waals surface area contributed by atoms with Gasteiger partial charge in [-0.3, -0.25) is 0 Å². The maximum Gasteiger partial charge on any atom is 0.140 e. The Morgan fingerprint density at radius 1 is 0.944 bits per heavy atom. The Balaban J connectivity index is 2.15. The molecule has 0 amide bonds. The first-order valence-corrected chi connectivity index (χ1v) is 6.54. The average Bonchev–Trinajstić information content (AvgIpc) is 2.38. The molecule has 2 rings (SSSR count). The minimum atomic E-state index is -0.545. The predicted octanol–water partition coefficient (Wildman–Crippen LogP) is 3.72. The molecule has 18 heavy (non-hydrogen) atoms. The topological polar surface area (TPSA) is 26.0 Å². The molecule has 0 aromatic heterocycles. The lowest BCUT2D eigenvalue weighted by atomic mass is 10.2. The van der Waals surface area contributed by atoms with Gasteiger partial charge in [0, 0.05) is 12.3 Å². The van der Waals surface area contributed by atoms with E-state index in [-0.39, 0.29) is 11.4 Å². The molecular weight excluding hydrogens is 252 g/mol. The summed E-state index contributed by atoms with van der Waals surface area (Å²) in [4.78, 5) is 0.0519. The molecule has 0 heterocycles. The van der Waals surface area contributed by atoms with Crippen molar-refractivity contribution in [2.24, 2.45) is 5.73 Å². The number of hydrogen-bond acceptors (Lipinski definition) is 2. The lowest BCUT2D eigenvalue weighted by molar-refractivity contribution is 0.537. The first-order chi connectivity index (χ1) is 8.70. The maximum absolute atomic E-state index is 13.7. The molecule has 0 aliphatic heterocycles. The van der Waals surface area contributed by atoms with Crippen LogP contribution >= 0.6 is 11.8 Å². The van der Waals surface area contributed by atoms with Gasteiger partial charge in [0.15, 0.2) is 0 Å². The van der Waals surface area contributed by atoms with E-state index in [1.807, 2.05) is 30.3 Å². The van der Waals surface area contributed by atoms with Gasteiger partial charge in [-0.15, -0.1) is 11.8 Å². The SMILES string of the molecule is NCc1cc(F)c(SCc2ccccc2)c(F)c1. The van der Waals surface area contributed by atoms with Crippen LogP contribution < -0.4 is 5.73 Å². The van der Waals surface area contributed by atoms with Crippen molar-refractivity contribution in [3.8, 4) is 0 Å². The second kappa shape index (κ2) is 5.98. The highest BCUT2D eigenvalue weighted by Gasteiger charge is 2.11. The third kappa shape index (κ3) is 3.09. The first-order valence-electron chi connectivity index (χ1n) is 5.55. The zero-order valence-electron chi connectivity index (χ0n) is 9.70. The summed E-state index contributed by atoms with van der Waals surface area (Å²) in [6.07, 6.45) is 0. The molecule has 0 saturated carbocycles. The van der Waals surface area contributed by atoms with Gasteiger partial charge in [-0.1, -0.05) is 30.3 Å². The molecule has 0 atom stereocenters. The van der Waals surface area contributed by atoms with Gasteiger partial charge in [0.1, 0.15) is 11.6 Å². The highest BCUT2D eigenvalue weighted by atomic mass is 32.2. The number of rotatable bonds is 4. The molecule has 2 aromatic carbocycles. The Hall–Kier alpha value is -1.39. The fourth-order valence-electron chi connectivity index (χ4n) is 1.60. The van der Waals surface area contributed by atoms with Crippen LogP contribution in [0, 0.1) is 11.6 Å². The standard InChI is InChI=1S/C14H13F2NS/c15-12-6-11(8-17)7-13(16)14(12)18-9-10-4-2-1-3-5-10/h1-7H,8-9,17H2. The first kappa shape index (κ1) is 13.1. The number of halogens is 2. The minimum absolute atomic E-state index is 0.0519. The quantitative estimate of drug-likeness (QED) is 0.853. The summed E-state index contributed by atoms with van der Waals surface area (Å²) < 4.78 is 27.4. The number of benzene rings is 2. The van der Waals surface area contributed by atoms with Gasteiger partial charge < -0.3 is 5.73 Å². The molecule has 0 aliphatic rings. The average molecular weight is 265 g/mol. The van der Waals surface area contributed by atoms with Crippen LogP contribution in [0.2, 0.25) is 0 Å². The number of hydrogen-bond donors (Lipinski definition) is 1. The summed E-state index contributed by atoms with van der Waals surface area (Å²) in [6, 6.07) is 12.1. The molecule has 0 saturated heterocycles. The summed E-state index contributed by atoms with van der Waals surface area (Å²) in [5.74, 6) is -0.552. The summed E-state index contributed by atoms with van der Waals surface area (Å²) in [5, 5.41) is 0. The number of nitrogens with two attached hydrogens (primary N) is 1. The van der Waals surface area contributed by atoms with Crippen molar-refractivity contribution < 1.29 is 8.78 Å². The van der Waals surface area contributed by atoms with Crippen LogP contribution in [0.5, 0.6) is 0 Å². The van der Waals surface area contributed by atoms with E-state index < -0.39 is 11.6 Å². The van der Waals surface area contributed by atoms with Gasteiger partial charge in [-0.2, -0.15) is 0 Å². The lowest BCUT2D eigenvalue weighted by Gasteiger charge is -2.07. The van der Waals surface area contributed by atoms with Crippen molar-refractivity contribution in [1.82, 2.24) is 0 Å². The van der Waals surface area contributed by atoms with Crippen molar-refractivity contribution in [3.05, 3.63) is 65.2 Å². The molecule has 2 N–H and O–H groups in total. The monoisotopic (exact) mass is 265 g/mol. The Bertz CT molecular complexity index is 506. The van der Waals surface area contributed by atoms with Gasteiger partial charge in [-0.05, 0) is 23.3 Å². The molecule has 0 unspecified atom stereocenters. The molecule has 0 fully saturated rings. The van der Waals surface area contributed by atoms with Crippen LogP contribution in [0.25, 0.3) is 0 Å². The molecule has 2 aromatic rings. The molecule has 0 bridgehead atoms. The fourth-order valence-corrected chi connectivity index (χ4v) is 2.49. The summed E-state index contributed by atoms with van der Waals surface area (Å²) in [7, 11) is 0. The maximum atomic E-state index is 13.7. The van der Waals surface area contributed by atoms with Gasteiger partial charge in [-0.25, -0.2) is 8.78 Å². The molecule has 94 valence electrons. The normalized spacial score (nSPS) is 10.6. The van der Waals surface area contributed by atoms with Crippen LogP contribution in [0.3, 0.4) is 0 Å². The largest absolute Gasteiger partial charge is 0.326 e. The van der Waals surface area contributed by atoms with Crippen LogP contribution in [0.15, 0.2) is 47.4 Å². The van der Waals surface area contributed by atoms with E-state index in [0.29, 0.717) is 11.3 Å². The summed E-state index contributed by atoms with van der Waals surface area (Å²) in [5.41, 5.74) is 6.86. The van der Waals surface area contributed by atoms with Crippen molar-refractivity contribution in [1.29, 1.82) is 0 Å². The van der Waals surface area contributed by atoms with Gasteiger partial charge >= 0.3 is 0 Å². The molecule has 0 radical (unpaired) electrons.